The molecule has 0 aliphatic carbocycles. The first-order valence-corrected chi connectivity index (χ1v) is 3.03. The van der Waals surface area contributed by atoms with Gasteiger partial charge in [0, 0.05) is 18.6 Å². The van der Waals surface area contributed by atoms with E-state index in [1.165, 1.54) is 0 Å². The van der Waals surface area contributed by atoms with Gasteiger partial charge in [0.05, 0.1) is 12.7 Å². The monoisotopic (exact) mass is 132 g/mol. The maximum Gasteiger partial charge on any atom is 0.0831 e. The molecule has 1 aliphatic heterocycles. The van der Waals surface area contributed by atoms with Crippen LogP contribution in [0, 0.1) is 0 Å². The highest BCUT2D eigenvalue weighted by atomic mass is 16.3. The average molecular weight is 132 g/mol. The number of aliphatic hydroxyl groups is 2. The minimum absolute atomic E-state index is 0.00176. The summed E-state index contributed by atoms with van der Waals surface area (Å²) in [5.41, 5.74) is 5.46. The van der Waals surface area contributed by atoms with E-state index in [0.717, 1.165) is 0 Å². The highest BCUT2D eigenvalue weighted by molar-refractivity contribution is 4.92. The predicted molar refractivity (Wildman–Crippen MR) is 32.9 cm³/mol. The van der Waals surface area contributed by atoms with Crippen molar-refractivity contribution in [3.63, 3.8) is 0 Å². The summed E-state index contributed by atoms with van der Waals surface area (Å²) in [5, 5.41) is 20.5. The third-order valence-corrected chi connectivity index (χ3v) is 1.69. The van der Waals surface area contributed by atoms with E-state index in [2.05, 4.69) is 5.32 Å². The second kappa shape index (κ2) is 2.62. The quantitative estimate of drug-likeness (QED) is 0.322. The third kappa shape index (κ3) is 1.21. The maximum atomic E-state index is 9.00. The van der Waals surface area contributed by atoms with Gasteiger partial charge in [-0.05, 0) is 0 Å². The summed E-state index contributed by atoms with van der Waals surface area (Å²) in [6, 6.07) is -0.435. The van der Waals surface area contributed by atoms with Crippen molar-refractivity contribution in [2.75, 3.05) is 13.2 Å². The molecule has 1 aliphatic rings. The lowest BCUT2D eigenvalue weighted by molar-refractivity contribution is 0.162. The summed E-state index contributed by atoms with van der Waals surface area (Å²) >= 11 is 0. The summed E-state index contributed by atoms with van der Waals surface area (Å²) in [7, 11) is 0. The summed E-state index contributed by atoms with van der Waals surface area (Å²) in [6.45, 7) is 0.491. The first-order chi connectivity index (χ1) is 4.25. The molecule has 0 radical (unpaired) electrons. The molecule has 0 bridgehead atoms. The lowest BCUT2D eigenvalue weighted by Crippen LogP contribution is -2.42. The van der Waals surface area contributed by atoms with Crippen LogP contribution in [0.25, 0.3) is 0 Å². The molecule has 5 N–H and O–H groups in total. The summed E-state index contributed by atoms with van der Waals surface area (Å²) in [6.07, 6.45) is -0.498. The van der Waals surface area contributed by atoms with Crippen molar-refractivity contribution in [3.05, 3.63) is 0 Å². The minimum atomic E-state index is -0.498. The number of hydrogen-bond acceptors (Lipinski definition) is 4. The van der Waals surface area contributed by atoms with Crippen LogP contribution in [0.4, 0.5) is 0 Å². The van der Waals surface area contributed by atoms with Gasteiger partial charge in [0.15, 0.2) is 0 Å². The second-order valence-electron chi connectivity index (χ2n) is 2.34. The number of nitrogens with one attached hydrogen (secondary N) is 1. The topological polar surface area (TPSA) is 78.5 Å². The van der Waals surface area contributed by atoms with Crippen LogP contribution in [0.2, 0.25) is 0 Å². The van der Waals surface area contributed by atoms with Gasteiger partial charge in [-0.2, -0.15) is 0 Å². The SMILES string of the molecule is N[C@@H]1[C@H](O)CN[C@@H]1CO. The van der Waals surface area contributed by atoms with Gasteiger partial charge in [-0.1, -0.05) is 0 Å². The number of nitrogens with two attached hydrogens (primary N) is 1. The molecule has 0 aromatic carbocycles. The molecule has 0 aromatic heterocycles. The Bertz CT molecular complexity index is 99.0. The maximum absolute atomic E-state index is 9.00. The Morgan fingerprint density at radius 2 is 2.33 bits per heavy atom. The zero-order valence-corrected chi connectivity index (χ0v) is 5.12. The average Bonchev–Trinajstić information content (AvgIpc) is 2.15. The van der Waals surface area contributed by atoms with Crippen LogP contribution >= 0.6 is 0 Å². The van der Waals surface area contributed by atoms with E-state index in [-0.39, 0.29) is 18.7 Å². The predicted octanol–water partition coefficient (Wildman–Crippen LogP) is -2.36. The summed E-state index contributed by atoms with van der Waals surface area (Å²) in [5.74, 6) is 0. The van der Waals surface area contributed by atoms with Gasteiger partial charge in [-0.25, -0.2) is 0 Å². The zero-order valence-electron chi connectivity index (χ0n) is 5.12. The molecule has 54 valence electrons. The molecule has 0 aromatic rings. The van der Waals surface area contributed by atoms with Gasteiger partial charge < -0.3 is 21.3 Å². The fourth-order valence-corrected chi connectivity index (χ4v) is 0.999. The second-order valence-corrected chi connectivity index (χ2v) is 2.34. The van der Waals surface area contributed by atoms with Gasteiger partial charge in [0.1, 0.15) is 0 Å². The van der Waals surface area contributed by atoms with Crippen molar-refractivity contribution in [2.45, 2.75) is 18.2 Å². The molecule has 9 heavy (non-hydrogen) atoms. The normalized spacial score (nSPS) is 43.7. The summed E-state index contributed by atoms with van der Waals surface area (Å²) < 4.78 is 0. The largest absolute Gasteiger partial charge is 0.395 e. The minimum Gasteiger partial charge on any atom is -0.395 e. The molecule has 4 nitrogen and oxygen atoms in total. The van der Waals surface area contributed by atoms with Gasteiger partial charge in [-0.15, -0.1) is 0 Å². The number of aliphatic hydroxyl groups excluding tert-OH is 2. The van der Waals surface area contributed by atoms with Crippen molar-refractivity contribution >= 4 is 0 Å². The lowest BCUT2D eigenvalue weighted by atomic mass is 10.1. The fraction of sp³-hybridized carbons (Fsp3) is 1.00. The lowest BCUT2D eigenvalue weighted by Gasteiger charge is -2.12. The molecule has 1 heterocycles. The standard InChI is InChI=1S/C5H12N2O2/c6-5-3(2-8)7-1-4(5)9/h3-5,7-9H,1-2,6H2/t3-,4-,5+/m1/s1. The Labute approximate surface area is 53.7 Å². The van der Waals surface area contributed by atoms with Crippen molar-refractivity contribution < 1.29 is 10.2 Å². The molecular formula is C5H12N2O2. The molecule has 1 saturated heterocycles. The van der Waals surface area contributed by atoms with Crippen LogP contribution < -0.4 is 11.1 Å². The highest BCUT2D eigenvalue weighted by Gasteiger charge is 2.30. The molecule has 0 spiro atoms. The van der Waals surface area contributed by atoms with Crippen LogP contribution in [-0.4, -0.2) is 41.6 Å². The van der Waals surface area contributed by atoms with Crippen molar-refractivity contribution in [3.8, 4) is 0 Å². The van der Waals surface area contributed by atoms with Crippen LogP contribution in [0.5, 0.6) is 0 Å². The Balaban J connectivity index is 2.41. The molecule has 1 rings (SSSR count). The summed E-state index contributed by atoms with van der Waals surface area (Å²) in [4.78, 5) is 0. The molecule has 3 atom stereocenters. The van der Waals surface area contributed by atoms with Crippen molar-refractivity contribution in [1.29, 1.82) is 0 Å². The van der Waals surface area contributed by atoms with Gasteiger partial charge in [0.2, 0.25) is 0 Å². The Hall–Kier alpha value is -0.160. The van der Waals surface area contributed by atoms with E-state index >= 15 is 0 Å². The van der Waals surface area contributed by atoms with Crippen molar-refractivity contribution in [2.24, 2.45) is 5.73 Å². The number of β-amino-alcohol motifs (C(OH)–C–C–N with tert-alkyl or cyclic N) is 1. The van der Waals surface area contributed by atoms with Crippen LogP contribution in [0.1, 0.15) is 0 Å². The van der Waals surface area contributed by atoms with E-state index in [4.69, 9.17) is 15.9 Å². The van der Waals surface area contributed by atoms with Crippen LogP contribution in [-0.2, 0) is 0 Å². The number of rotatable bonds is 1. The van der Waals surface area contributed by atoms with Gasteiger partial charge in [-0.3, -0.25) is 0 Å². The van der Waals surface area contributed by atoms with E-state index < -0.39 is 6.10 Å². The molecule has 1 fully saturated rings. The van der Waals surface area contributed by atoms with E-state index in [1.807, 2.05) is 0 Å². The van der Waals surface area contributed by atoms with Gasteiger partial charge >= 0.3 is 0 Å². The zero-order chi connectivity index (χ0) is 6.85. The van der Waals surface area contributed by atoms with E-state index in [9.17, 15) is 0 Å². The number of hydrogen-bond donors (Lipinski definition) is 4. The molecule has 4 heteroatoms. The molecule has 0 amide bonds. The first-order valence-electron chi connectivity index (χ1n) is 3.03. The molecule has 0 saturated carbocycles. The molecule has 0 unspecified atom stereocenters. The third-order valence-electron chi connectivity index (χ3n) is 1.69. The van der Waals surface area contributed by atoms with E-state index in [1.54, 1.807) is 0 Å². The fourth-order valence-electron chi connectivity index (χ4n) is 0.999. The Kier molecular flexibility index (Phi) is 2.02. The Morgan fingerprint density at radius 3 is 2.56 bits per heavy atom. The van der Waals surface area contributed by atoms with Gasteiger partial charge in [0.25, 0.3) is 0 Å². The first kappa shape index (κ1) is 6.95. The van der Waals surface area contributed by atoms with Crippen LogP contribution in [0.15, 0.2) is 0 Å². The highest BCUT2D eigenvalue weighted by Crippen LogP contribution is 2.03. The Morgan fingerprint density at radius 1 is 1.67 bits per heavy atom. The smallest absolute Gasteiger partial charge is 0.0831 e. The molecular weight excluding hydrogens is 120 g/mol. The van der Waals surface area contributed by atoms with Crippen LogP contribution in [0.3, 0.4) is 0 Å². The van der Waals surface area contributed by atoms with Crippen molar-refractivity contribution in [1.82, 2.24) is 5.32 Å². The van der Waals surface area contributed by atoms with E-state index in [0.29, 0.717) is 6.54 Å².